The number of carboxylic acids is 1. The van der Waals surface area contributed by atoms with Gasteiger partial charge in [0.1, 0.15) is 0 Å². The van der Waals surface area contributed by atoms with Gasteiger partial charge < -0.3 is 10.4 Å². The maximum Gasteiger partial charge on any atom is 0.303 e. The molecule has 0 aromatic heterocycles. The number of hydrogen-bond donors (Lipinski definition) is 2. The molecule has 2 rings (SSSR count). The van der Waals surface area contributed by atoms with Gasteiger partial charge in [-0.25, -0.2) is 0 Å². The van der Waals surface area contributed by atoms with Crippen molar-refractivity contribution in [2.45, 2.75) is 32.6 Å². The molecule has 0 unspecified atom stereocenters. The highest BCUT2D eigenvalue weighted by Gasteiger charge is 2.06. The summed E-state index contributed by atoms with van der Waals surface area (Å²) >= 11 is 0. The van der Waals surface area contributed by atoms with Gasteiger partial charge in [-0.2, -0.15) is 0 Å². The average Bonchev–Trinajstić information content (AvgIpc) is 2.59. The molecule has 2 aromatic rings. The number of amides is 1. The van der Waals surface area contributed by atoms with Crippen LogP contribution in [0, 0.1) is 0 Å². The van der Waals surface area contributed by atoms with Crippen LogP contribution in [0.25, 0.3) is 11.1 Å². The molecule has 0 atom stereocenters. The molecule has 4 nitrogen and oxygen atoms in total. The van der Waals surface area contributed by atoms with E-state index in [1.54, 1.807) is 12.1 Å². The highest BCUT2D eigenvalue weighted by Crippen LogP contribution is 2.21. The van der Waals surface area contributed by atoms with Crippen molar-refractivity contribution >= 4 is 11.9 Å². The number of aryl methyl sites for hydroxylation is 1. The quantitative estimate of drug-likeness (QED) is 0.723. The lowest BCUT2D eigenvalue weighted by molar-refractivity contribution is -0.137. The van der Waals surface area contributed by atoms with Crippen LogP contribution in [0.4, 0.5) is 0 Å². The summed E-state index contributed by atoms with van der Waals surface area (Å²) in [7, 11) is 0. The van der Waals surface area contributed by atoms with Crippen LogP contribution in [0.3, 0.4) is 0 Å². The number of benzene rings is 2. The van der Waals surface area contributed by atoms with Crippen LogP contribution < -0.4 is 5.32 Å². The monoisotopic (exact) mass is 325 g/mol. The van der Waals surface area contributed by atoms with Crippen molar-refractivity contribution in [1.29, 1.82) is 0 Å². The second kappa shape index (κ2) is 8.87. The van der Waals surface area contributed by atoms with E-state index in [-0.39, 0.29) is 12.3 Å². The second-order valence-electron chi connectivity index (χ2n) is 5.78. The van der Waals surface area contributed by atoms with Gasteiger partial charge in [-0.3, -0.25) is 9.59 Å². The maximum absolute atomic E-state index is 12.0. The average molecular weight is 325 g/mol. The summed E-state index contributed by atoms with van der Waals surface area (Å²) < 4.78 is 0. The molecule has 0 saturated carbocycles. The molecule has 0 saturated heterocycles. The van der Waals surface area contributed by atoms with Gasteiger partial charge in [-0.05, 0) is 41.7 Å². The molecule has 0 heterocycles. The smallest absolute Gasteiger partial charge is 0.303 e. The molecule has 4 heteroatoms. The molecule has 2 N–H and O–H groups in total. The molecule has 2 aromatic carbocycles. The van der Waals surface area contributed by atoms with Gasteiger partial charge in [0.15, 0.2) is 0 Å². The van der Waals surface area contributed by atoms with Crippen LogP contribution >= 0.6 is 0 Å². The van der Waals surface area contributed by atoms with Crippen molar-refractivity contribution < 1.29 is 14.7 Å². The molecule has 0 bridgehead atoms. The normalized spacial score (nSPS) is 10.4. The first-order chi connectivity index (χ1) is 11.6. The molecule has 0 aliphatic carbocycles. The van der Waals surface area contributed by atoms with Gasteiger partial charge in [0.2, 0.25) is 0 Å². The van der Waals surface area contributed by atoms with E-state index in [9.17, 15) is 9.59 Å². The molecule has 24 heavy (non-hydrogen) atoms. The first-order valence-electron chi connectivity index (χ1n) is 8.29. The Morgan fingerprint density at radius 3 is 2.08 bits per heavy atom. The van der Waals surface area contributed by atoms with Crippen molar-refractivity contribution in [3.05, 3.63) is 59.7 Å². The highest BCUT2D eigenvalue weighted by molar-refractivity contribution is 5.94. The van der Waals surface area contributed by atoms with Crippen molar-refractivity contribution in [3.63, 3.8) is 0 Å². The molecule has 0 aliphatic rings. The van der Waals surface area contributed by atoms with Gasteiger partial charge in [0.05, 0.1) is 0 Å². The molecular weight excluding hydrogens is 302 g/mol. The number of carbonyl (C=O) groups excluding carboxylic acids is 1. The standard InChI is InChI=1S/C20H23NO3/c1-2-4-15-6-8-16(9-7-15)17-10-12-18(13-11-17)20(24)21-14-3-5-19(22)23/h6-13H,2-5,14H2,1H3,(H,21,24)(H,22,23). The number of hydrogen-bond acceptors (Lipinski definition) is 2. The van der Waals surface area contributed by atoms with Gasteiger partial charge in [-0.1, -0.05) is 49.7 Å². The minimum atomic E-state index is -0.849. The molecule has 0 spiro atoms. The Hall–Kier alpha value is -2.62. The molecule has 1 amide bonds. The lowest BCUT2D eigenvalue weighted by Crippen LogP contribution is -2.24. The summed E-state index contributed by atoms with van der Waals surface area (Å²) in [4.78, 5) is 22.4. The lowest BCUT2D eigenvalue weighted by atomic mass is 10.0. The van der Waals surface area contributed by atoms with Crippen molar-refractivity contribution in [2.24, 2.45) is 0 Å². The van der Waals surface area contributed by atoms with Crippen LogP contribution in [0.5, 0.6) is 0 Å². The predicted molar refractivity (Wildman–Crippen MR) is 95.1 cm³/mol. The third-order valence-electron chi connectivity index (χ3n) is 3.83. The van der Waals surface area contributed by atoms with Crippen LogP contribution in [0.15, 0.2) is 48.5 Å². The van der Waals surface area contributed by atoms with Crippen molar-refractivity contribution in [1.82, 2.24) is 5.32 Å². The van der Waals surface area contributed by atoms with E-state index in [1.807, 2.05) is 12.1 Å². The lowest BCUT2D eigenvalue weighted by Gasteiger charge is -2.07. The fraction of sp³-hybridized carbons (Fsp3) is 0.300. The Balaban J connectivity index is 1.94. The van der Waals surface area contributed by atoms with E-state index < -0.39 is 5.97 Å². The van der Waals surface area contributed by atoms with Crippen LogP contribution in [0.1, 0.15) is 42.1 Å². The van der Waals surface area contributed by atoms with Gasteiger partial charge in [-0.15, -0.1) is 0 Å². The number of rotatable bonds is 8. The van der Waals surface area contributed by atoms with E-state index in [0.717, 1.165) is 24.0 Å². The summed E-state index contributed by atoms with van der Waals surface area (Å²) in [5.74, 6) is -1.02. The van der Waals surface area contributed by atoms with E-state index in [1.165, 1.54) is 5.56 Å². The zero-order valence-corrected chi connectivity index (χ0v) is 13.9. The minimum absolute atomic E-state index is 0.0627. The summed E-state index contributed by atoms with van der Waals surface area (Å²) in [6.07, 6.45) is 2.72. The zero-order chi connectivity index (χ0) is 17.4. The summed E-state index contributed by atoms with van der Waals surface area (Å²) in [6.45, 7) is 2.53. The molecule has 0 aliphatic heterocycles. The SMILES string of the molecule is CCCc1ccc(-c2ccc(C(=O)NCCCC(=O)O)cc2)cc1. The zero-order valence-electron chi connectivity index (χ0n) is 13.9. The fourth-order valence-corrected chi connectivity index (χ4v) is 2.51. The predicted octanol–water partition coefficient (Wildman–Crippen LogP) is 3.90. The molecule has 0 fully saturated rings. The van der Waals surface area contributed by atoms with Gasteiger partial charge in [0.25, 0.3) is 5.91 Å². The highest BCUT2D eigenvalue weighted by atomic mass is 16.4. The molecular formula is C20H23NO3. The van der Waals surface area contributed by atoms with Crippen molar-refractivity contribution in [2.75, 3.05) is 6.54 Å². The topological polar surface area (TPSA) is 66.4 Å². The Morgan fingerprint density at radius 1 is 0.958 bits per heavy atom. The van der Waals surface area contributed by atoms with E-state index >= 15 is 0 Å². The fourth-order valence-electron chi connectivity index (χ4n) is 2.51. The van der Waals surface area contributed by atoms with Crippen LogP contribution in [0.2, 0.25) is 0 Å². The van der Waals surface area contributed by atoms with Gasteiger partial charge in [0, 0.05) is 18.5 Å². The van der Waals surface area contributed by atoms with Crippen LogP contribution in [-0.2, 0) is 11.2 Å². The van der Waals surface area contributed by atoms with E-state index in [2.05, 4.69) is 36.5 Å². The maximum atomic E-state index is 12.0. The molecule has 126 valence electrons. The Labute approximate surface area is 142 Å². The van der Waals surface area contributed by atoms with E-state index in [0.29, 0.717) is 18.5 Å². The van der Waals surface area contributed by atoms with E-state index in [4.69, 9.17) is 5.11 Å². The Kier molecular flexibility index (Phi) is 6.55. The largest absolute Gasteiger partial charge is 0.481 e. The Bertz CT molecular complexity index is 675. The van der Waals surface area contributed by atoms with Crippen molar-refractivity contribution in [3.8, 4) is 11.1 Å². The number of carboxylic acid groups (broad SMARTS) is 1. The molecule has 0 radical (unpaired) electrons. The summed E-state index contributed by atoms with van der Waals surface area (Å²) in [5, 5.41) is 11.3. The first kappa shape index (κ1) is 17.7. The first-order valence-corrected chi connectivity index (χ1v) is 8.29. The number of nitrogens with one attached hydrogen (secondary N) is 1. The number of carbonyl (C=O) groups is 2. The summed E-state index contributed by atoms with van der Waals surface area (Å²) in [6, 6.07) is 15.9. The van der Waals surface area contributed by atoms with Gasteiger partial charge >= 0.3 is 5.97 Å². The van der Waals surface area contributed by atoms with Crippen LogP contribution in [-0.4, -0.2) is 23.5 Å². The summed E-state index contributed by atoms with van der Waals surface area (Å²) in [5.41, 5.74) is 4.11. The number of aliphatic carboxylic acids is 1. The second-order valence-corrected chi connectivity index (χ2v) is 5.78. The third kappa shape index (κ3) is 5.23. The Morgan fingerprint density at radius 2 is 1.54 bits per heavy atom. The third-order valence-corrected chi connectivity index (χ3v) is 3.83. The minimum Gasteiger partial charge on any atom is -0.481 e.